The molecule has 1 atom stereocenters. The Morgan fingerprint density at radius 3 is 2.49 bits per heavy atom. The van der Waals surface area contributed by atoms with Crippen molar-refractivity contribution in [3.8, 4) is 22.8 Å². The fourth-order valence-corrected chi connectivity index (χ4v) is 3.87. The van der Waals surface area contributed by atoms with Crippen molar-refractivity contribution in [3.63, 3.8) is 0 Å². The van der Waals surface area contributed by atoms with Crippen LogP contribution >= 0.6 is 0 Å². The van der Waals surface area contributed by atoms with Gasteiger partial charge in [-0.1, -0.05) is 6.92 Å². The van der Waals surface area contributed by atoms with E-state index in [1.54, 1.807) is 7.05 Å². The van der Waals surface area contributed by atoms with Crippen LogP contribution in [0.2, 0.25) is 0 Å². The third-order valence-corrected chi connectivity index (χ3v) is 5.89. The molecule has 3 aromatic rings. The van der Waals surface area contributed by atoms with Gasteiger partial charge >= 0.3 is 12.5 Å². The van der Waals surface area contributed by atoms with Gasteiger partial charge in [0.15, 0.2) is 0 Å². The summed E-state index contributed by atoms with van der Waals surface area (Å²) in [6, 6.07) is 5.84. The van der Waals surface area contributed by atoms with Gasteiger partial charge in [-0.15, -0.1) is 13.2 Å². The van der Waals surface area contributed by atoms with E-state index >= 15 is 0 Å². The molecule has 0 spiro atoms. The molecule has 0 aliphatic rings. The minimum atomic E-state index is -4.80. The molecular formula is C25H30F3N3O4. The third kappa shape index (κ3) is 5.80. The van der Waals surface area contributed by atoms with E-state index in [0.29, 0.717) is 17.8 Å². The fraction of sp³-hybridized carbons (Fsp3) is 0.440. The quantitative estimate of drug-likeness (QED) is 0.370. The lowest BCUT2D eigenvalue weighted by molar-refractivity contribution is -0.274. The topological polar surface area (TPSA) is 65.8 Å². The van der Waals surface area contributed by atoms with E-state index in [1.165, 1.54) is 30.2 Å². The number of hydrogen-bond donors (Lipinski definition) is 0. The van der Waals surface area contributed by atoms with E-state index in [0.717, 1.165) is 28.6 Å². The monoisotopic (exact) mass is 493 g/mol. The number of ether oxygens (including phenoxy) is 3. The Bertz CT molecular complexity index is 1210. The summed E-state index contributed by atoms with van der Waals surface area (Å²) in [7, 11) is 3.07. The molecule has 190 valence electrons. The van der Waals surface area contributed by atoms with Crippen LogP contribution in [0.5, 0.6) is 11.5 Å². The van der Waals surface area contributed by atoms with Crippen molar-refractivity contribution in [1.29, 1.82) is 0 Å². The molecule has 0 aliphatic heterocycles. The van der Waals surface area contributed by atoms with Crippen molar-refractivity contribution in [2.45, 2.75) is 46.5 Å². The van der Waals surface area contributed by atoms with Gasteiger partial charge in [0, 0.05) is 31.4 Å². The van der Waals surface area contributed by atoms with Gasteiger partial charge in [-0.2, -0.15) is 0 Å². The number of benzene rings is 1. The number of aromatic nitrogens is 2. The summed E-state index contributed by atoms with van der Waals surface area (Å²) in [5, 5.41) is 0. The molecule has 0 aliphatic carbocycles. The highest BCUT2D eigenvalue weighted by molar-refractivity contribution is 5.85. The maximum absolute atomic E-state index is 12.6. The first-order valence-corrected chi connectivity index (χ1v) is 11.3. The van der Waals surface area contributed by atoms with Gasteiger partial charge in [0.1, 0.15) is 18.1 Å². The number of halogens is 3. The third-order valence-electron chi connectivity index (χ3n) is 5.89. The van der Waals surface area contributed by atoms with Crippen LogP contribution < -0.4 is 9.47 Å². The van der Waals surface area contributed by atoms with Crippen molar-refractivity contribution in [3.05, 3.63) is 41.6 Å². The number of alkyl halides is 3. The van der Waals surface area contributed by atoms with Crippen LogP contribution in [0.4, 0.5) is 18.0 Å². The Labute approximate surface area is 202 Å². The summed E-state index contributed by atoms with van der Waals surface area (Å²) in [6.45, 7) is 8.49. The van der Waals surface area contributed by atoms with Gasteiger partial charge in [0.2, 0.25) is 0 Å². The fourth-order valence-electron chi connectivity index (χ4n) is 3.87. The zero-order valence-electron chi connectivity index (χ0n) is 20.7. The van der Waals surface area contributed by atoms with Crippen LogP contribution in [-0.4, -0.2) is 54.2 Å². The minimum absolute atomic E-state index is 0.0826. The Hall–Kier alpha value is -3.43. The number of pyridine rings is 1. The zero-order valence-corrected chi connectivity index (χ0v) is 20.7. The van der Waals surface area contributed by atoms with E-state index in [2.05, 4.69) is 9.30 Å². The normalized spacial score (nSPS) is 12.5. The number of fused-ring (bicyclic) bond motifs is 1. The van der Waals surface area contributed by atoms with Gasteiger partial charge in [0.05, 0.1) is 29.9 Å². The summed E-state index contributed by atoms with van der Waals surface area (Å²) in [4.78, 5) is 18.5. The molecule has 0 saturated heterocycles. The smallest absolute Gasteiger partial charge is 0.496 e. The average molecular weight is 494 g/mol. The lowest BCUT2D eigenvalue weighted by Gasteiger charge is -2.21. The van der Waals surface area contributed by atoms with Gasteiger partial charge in [0.25, 0.3) is 0 Å². The lowest BCUT2D eigenvalue weighted by Crippen LogP contribution is -2.29. The zero-order chi connectivity index (χ0) is 25.9. The highest BCUT2D eigenvalue weighted by Crippen LogP contribution is 2.37. The van der Waals surface area contributed by atoms with Crippen molar-refractivity contribution in [2.24, 2.45) is 0 Å². The van der Waals surface area contributed by atoms with Gasteiger partial charge in [-0.25, -0.2) is 9.78 Å². The predicted molar refractivity (Wildman–Crippen MR) is 127 cm³/mol. The van der Waals surface area contributed by atoms with Gasteiger partial charge in [-0.05, 0) is 56.5 Å². The molecule has 0 fully saturated rings. The number of methoxy groups -OCH3 is 1. The first kappa shape index (κ1) is 26.2. The molecule has 1 unspecified atom stereocenters. The summed E-state index contributed by atoms with van der Waals surface area (Å²) in [5.74, 6) is -0.148. The highest BCUT2D eigenvalue weighted by Gasteiger charge is 2.31. The highest BCUT2D eigenvalue weighted by atomic mass is 19.4. The van der Waals surface area contributed by atoms with E-state index < -0.39 is 6.36 Å². The second-order valence-electron chi connectivity index (χ2n) is 8.30. The Morgan fingerprint density at radius 1 is 1.17 bits per heavy atom. The molecule has 3 rings (SSSR count). The first-order chi connectivity index (χ1) is 16.5. The van der Waals surface area contributed by atoms with E-state index in [9.17, 15) is 18.0 Å². The summed E-state index contributed by atoms with van der Waals surface area (Å²) < 4.78 is 54.8. The Kier molecular flexibility index (Phi) is 7.82. The van der Waals surface area contributed by atoms with Crippen LogP contribution in [0.3, 0.4) is 0 Å². The number of aryl methyl sites for hydroxylation is 2. The van der Waals surface area contributed by atoms with Crippen molar-refractivity contribution in [1.82, 2.24) is 14.5 Å². The number of carbonyl (C=O) groups excluding carboxylic acids is 1. The molecular weight excluding hydrogens is 463 g/mol. The molecule has 1 amide bonds. The van der Waals surface area contributed by atoms with Crippen molar-refractivity contribution in [2.75, 3.05) is 27.3 Å². The van der Waals surface area contributed by atoms with E-state index in [4.69, 9.17) is 14.5 Å². The second kappa shape index (κ2) is 10.5. The number of hydrogen-bond acceptors (Lipinski definition) is 5. The Morgan fingerprint density at radius 2 is 1.89 bits per heavy atom. The molecule has 35 heavy (non-hydrogen) atoms. The maximum Gasteiger partial charge on any atom is 0.573 e. The molecule has 7 nitrogen and oxygen atoms in total. The van der Waals surface area contributed by atoms with Gasteiger partial charge in [-0.3, -0.25) is 0 Å². The maximum atomic E-state index is 12.6. The largest absolute Gasteiger partial charge is 0.573 e. The standard InChI is InChI=1S/C25H30F3N3O4/c1-7-17(14-34-24(32)30(5)8-2)31-13-16(4)23-20(31)11-15(3)22(29-23)19-10-9-18(12-21(19)33-6)35-25(26,27)28/h9-13,17H,7-8,14H2,1-6H3. The lowest BCUT2D eigenvalue weighted by atomic mass is 10.0. The van der Waals surface area contributed by atoms with Crippen molar-refractivity contribution < 1.29 is 32.2 Å². The molecule has 0 radical (unpaired) electrons. The molecule has 0 bridgehead atoms. The predicted octanol–water partition coefficient (Wildman–Crippen LogP) is 6.27. The molecule has 0 N–H and O–H groups in total. The summed E-state index contributed by atoms with van der Waals surface area (Å²) >= 11 is 0. The minimum Gasteiger partial charge on any atom is -0.496 e. The van der Waals surface area contributed by atoms with E-state index in [-0.39, 0.29) is 30.2 Å². The van der Waals surface area contributed by atoms with Crippen LogP contribution in [0.25, 0.3) is 22.3 Å². The van der Waals surface area contributed by atoms with Crippen LogP contribution in [0.15, 0.2) is 30.5 Å². The summed E-state index contributed by atoms with van der Waals surface area (Å²) in [6.07, 6.45) is -2.46. The molecule has 2 aromatic heterocycles. The van der Waals surface area contributed by atoms with Crippen LogP contribution in [0.1, 0.15) is 37.4 Å². The van der Waals surface area contributed by atoms with Crippen LogP contribution in [0, 0.1) is 13.8 Å². The van der Waals surface area contributed by atoms with Crippen molar-refractivity contribution >= 4 is 17.1 Å². The first-order valence-electron chi connectivity index (χ1n) is 11.3. The number of nitrogens with zero attached hydrogens (tertiary/aromatic N) is 3. The number of carbonyl (C=O) groups is 1. The van der Waals surface area contributed by atoms with Crippen LogP contribution in [-0.2, 0) is 4.74 Å². The SMILES string of the molecule is CCC(COC(=O)N(C)CC)n1cc(C)c2nc(-c3ccc(OC(F)(F)F)cc3OC)c(C)cc21. The number of rotatable bonds is 8. The second-order valence-corrected chi connectivity index (χ2v) is 8.30. The molecule has 1 aromatic carbocycles. The number of amides is 1. The van der Waals surface area contributed by atoms with E-state index in [1.807, 2.05) is 40.0 Å². The molecule has 2 heterocycles. The van der Waals surface area contributed by atoms with Gasteiger partial charge < -0.3 is 23.7 Å². The Balaban J connectivity index is 2.00. The average Bonchev–Trinajstić information content (AvgIpc) is 3.12. The molecule has 10 heteroatoms. The molecule has 0 saturated carbocycles. The summed E-state index contributed by atoms with van der Waals surface area (Å²) in [5.41, 5.74) is 4.52.